The third-order valence-electron chi connectivity index (χ3n) is 5.32. The van der Waals surface area contributed by atoms with Gasteiger partial charge in [-0.05, 0) is 62.1 Å². The molecule has 2 rings (SSSR count). The van der Waals surface area contributed by atoms with E-state index in [-0.39, 0.29) is 0 Å². The Labute approximate surface area is 131 Å². The van der Waals surface area contributed by atoms with Crippen LogP contribution in [0.25, 0.3) is 0 Å². The average Bonchev–Trinajstić information content (AvgIpc) is 2.41. The summed E-state index contributed by atoms with van der Waals surface area (Å²) in [4.78, 5) is 2.69. The highest BCUT2D eigenvalue weighted by atomic mass is 15.2. The lowest BCUT2D eigenvalue weighted by atomic mass is 9.77. The maximum absolute atomic E-state index is 2.69. The summed E-state index contributed by atoms with van der Waals surface area (Å²) in [5.74, 6) is 2.32. The molecule has 1 atom stereocenters. The van der Waals surface area contributed by atoms with Crippen molar-refractivity contribution < 1.29 is 0 Å². The largest absolute Gasteiger partial charge is 0.294 e. The molecule has 1 heterocycles. The number of piperidine rings is 1. The molecule has 1 nitrogen and oxygen atoms in total. The minimum Gasteiger partial charge on any atom is -0.294 e. The molecule has 0 N–H and O–H groups in total. The highest BCUT2D eigenvalue weighted by Crippen LogP contribution is 2.36. The molecule has 1 aliphatic rings. The van der Waals surface area contributed by atoms with Crippen molar-refractivity contribution in [3.63, 3.8) is 0 Å². The fourth-order valence-electron chi connectivity index (χ4n) is 3.63. The molecule has 0 aliphatic carbocycles. The topological polar surface area (TPSA) is 3.24 Å². The minimum atomic E-state index is 0.320. The van der Waals surface area contributed by atoms with Crippen molar-refractivity contribution in [3.05, 3.63) is 35.4 Å². The van der Waals surface area contributed by atoms with Crippen molar-refractivity contribution in [3.8, 4) is 0 Å². The Morgan fingerprint density at radius 2 is 1.90 bits per heavy atom. The molecule has 1 heteroatoms. The number of benzene rings is 1. The van der Waals surface area contributed by atoms with Gasteiger partial charge in [0.15, 0.2) is 0 Å². The van der Waals surface area contributed by atoms with E-state index in [1.54, 1.807) is 0 Å². The summed E-state index contributed by atoms with van der Waals surface area (Å²) in [6.07, 6.45) is 2.68. The van der Waals surface area contributed by atoms with Gasteiger partial charge in [-0.25, -0.2) is 0 Å². The standard InChI is InChI=1S/C20H33N/c1-15(2)18-9-7-8-17(12-18)14-21-11-10-19(16(3)4)13-20(21,5)6/h7-9,12,15-16,19H,10-11,13-14H2,1-6H3. The lowest BCUT2D eigenvalue weighted by Gasteiger charge is -2.47. The van der Waals surface area contributed by atoms with Gasteiger partial charge in [0, 0.05) is 12.1 Å². The van der Waals surface area contributed by atoms with Crippen molar-refractivity contribution >= 4 is 0 Å². The third kappa shape index (κ3) is 4.10. The molecular formula is C20H33N. The Morgan fingerprint density at radius 1 is 1.19 bits per heavy atom. The van der Waals surface area contributed by atoms with Gasteiger partial charge >= 0.3 is 0 Å². The Bertz CT molecular complexity index is 459. The van der Waals surface area contributed by atoms with Crippen molar-refractivity contribution in [2.75, 3.05) is 6.54 Å². The monoisotopic (exact) mass is 287 g/mol. The Morgan fingerprint density at radius 3 is 2.48 bits per heavy atom. The quantitative estimate of drug-likeness (QED) is 0.711. The molecule has 0 spiro atoms. The molecule has 0 saturated carbocycles. The first-order chi connectivity index (χ1) is 9.79. The number of rotatable bonds is 4. The van der Waals surface area contributed by atoms with Crippen LogP contribution in [-0.2, 0) is 6.54 Å². The van der Waals surface area contributed by atoms with Gasteiger partial charge in [-0.3, -0.25) is 4.90 Å². The van der Waals surface area contributed by atoms with Crippen LogP contribution >= 0.6 is 0 Å². The van der Waals surface area contributed by atoms with E-state index in [4.69, 9.17) is 0 Å². The van der Waals surface area contributed by atoms with E-state index in [0.29, 0.717) is 11.5 Å². The zero-order chi connectivity index (χ0) is 15.6. The van der Waals surface area contributed by atoms with Crippen LogP contribution in [0.1, 0.15) is 71.4 Å². The Hall–Kier alpha value is -0.820. The van der Waals surface area contributed by atoms with Gasteiger partial charge in [0.05, 0.1) is 0 Å². The summed E-state index contributed by atoms with van der Waals surface area (Å²) >= 11 is 0. The number of likely N-dealkylation sites (tertiary alicyclic amines) is 1. The van der Waals surface area contributed by atoms with E-state index in [9.17, 15) is 0 Å². The number of hydrogen-bond donors (Lipinski definition) is 0. The first-order valence-electron chi connectivity index (χ1n) is 8.63. The Balaban J connectivity index is 2.08. The summed E-state index contributed by atoms with van der Waals surface area (Å²) in [5, 5.41) is 0. The minimum absolute atomic E-state index is 0.320. The predicted octanol–water partition coefficient (Wildman–Crippen LogP) is 5.46. The maximum Gasteiger partial charge on any atom is 0.0239 e. The lowest BCUT2D eigenvalue weighted by Crippen LogP contribution is -2.50. The van der Waals surface area contributed by atoms with E-state index >= 15 is 0 Å². The zero-order valence-electron chi connectivity index (χ0n) is 14.8. The van der Waals surface area contributed by atoms with Gasteiger partial charge in [0.25, 0.3) is 0 Å². The van der Waals surface area contributed by atoms with Crippen LogP contribution in [0, 0.1) is 11.8 Å². The molecule has 0 amide bonds. The fraction of sp³-hybridized carbons (Fsp3) is 0.700. The maximum atomic E-state index is 2.69. The van der Waals surface area contributed by atoms with Gasteiger partial charge in [0.2, 0.25) is 0 Å². The van der Waals surface area contributed by atoms with Crippen LogP contribution in [0.3, 0.4) is 0 Å². The van der Waals surface area contributed by atoms with Crippen LogP contribution in [0.2, 0.25) is 0 Å². The van der Waals surface area contributed by atoms with Gasteiger partial charge in [0.1, 0.15) is 0 Å². The second-order valence-corrected chi connectivity index (χ2v) is 8.13. The summed E-state index contributed by atoms with van der Waals surface area (Å²) in [6, 6.07) is 9.16. The molecule has 21 heavy (non-hydrogen) atoms. The predicted molar refractivity (Wildman–Crippen MR) is 92.6 cm³/mol. The van der Waals surface area contributed by atoms with Crippen molar-refractivity contribution in [2.24, 2.45) is 11.8 Å². The summed E-state index contributed by atoms with van der Waals surface area (Å²) in [7, 11) is 0. The summed E-state index contributed by atoms with van der Waals surface area (Å²) in [6.45, 7) is 16.5. The number of nitrogens with zero attached hydrogens (tertiary/aromatic N) is 1. The van der Waals surface area contributed by atoms with Crippen LogP contribution in [0.15, 0.2) is 24.3 Å². The highest BCUT2D eigenvalue weighted by Gasteiger charge is 2.35. The SMILES string of the molecule is CC(C)c1cccc(CN2CCC(C(C)C)CC2(C)C)c1. The second kappa shape index (κ2) is 6.52. The van der Waals surface area contributed by atoms with Crippen LogP contribution in [0.5, 0.6) is 0 Å². The molecular weight excluding hydrogens is 254 g/mol. The normalized spacial score (nSPS) is 23.0. The first-order valence-corrected chi connectivity index (χ1v) is 8.63. The molecule has 1 aromatic rings. The van der Waals surface area contributed by atoms with Crippen LogP contribution in [-0.4, -0.2) is 17.0 Å². The van der Waals surface area contributed by atoms with Gasteiger partial charge in [-0.2, -0.15) is 0 Å². The second-order valence-electron chi connectivity index (χ2n) is 8.13. The van der Waals surface area contributed by atoms with Crippen molar-refractivity contribution in [1.82, 2.24) is 4.90 Å². The molecule has 118 valence electrons. The van der Waals surface area contributed by atoms with Crippen molar-refractivity contribution in [1.29, 1.82) is 0 Å². The van der Waals surface area contributed by atoms with Crippen LogP contribution in [0.4, 0.5) is 0 Å². The van der Waals surface area contributed by atoms with Gasteiger partial charge < -0.3 is 0 Å². The zero-order valence-corrected chi connectivity index (χ0v) is 14.8. The first kappa shape index (κ1) is 16.5. The average molecular weight is 287 g/mol. The Kier molecular flexibility index (Phi) is 5.14. The summed E-state index contributed by atoms with van der Waals surface area (Å²) in [5.41, 5.74) is 3.25. The van der Waals surface area contributed by atoms with E-state index < -0.39 is 0 Å². The smallest absolute Gasteiger partial charge is 0.0239 e. The molecule has 1 unspecified atom stereocenters. The van der Waals surface area contributed by atoms with E-state index in [0.717, 1.165) is 18.4 Å². The fourth-order valence-corrected chi connectivity index (χ4v) is 3.63. The highest BCUT2D eigenvalue weighted by molar-refractivity contribution is 5.26. The van der Waals surface area contributed by atoms with E-state index in [2.05, 4.69) is 70.7 Å². The van der Waals surface area contributed by atoms with Crippen LogP contribution < -0.4 is 0 Å². The lowest BCUT2D eigenvalue weighted by molar-refractivity contribution is 0.0264. The third-order valence-corrected chi connectivity index (χ3v) is 5.32. The van der Waals surface area contributed by atoms with E-state index in [1.165, 1.54) is 30.5 Å². The molecule has 1 aliphatic heterocycles. The molecule has 1 aromatic carbocycles. The van der Waals surface area contributed by atoms with Gasteiger partial charge in [-0.1, -0.05) is 52.0 Å². The number of hydrogen-bond acceptors (Lipinski definition) is 1. The van der Waals surface area contributed by atoms with Crippen molar-refractivity contribution in [2.45, 2.75) is 72.4 Å². The molecule has 1 fully saturated rings. The summed E-state index contributed by atoms with van der Waals surface area (Å²) < 4.78 is 0. The molecule has 0 radical (unpaired) electrons. The molecule has 0 aromatic heterocycles. The van der Waals surface area contributed by atoms with E-state index in [1.807, 2.05) is 0 Å². The molecule has 1 saturated heterocycles. The molecule has 0 bridgehead atoms. The van der Waals surface area contributed by atoms with Gasteiger partial charge in [-0.15, -0.1) is 0 Å².